The summed E-state index contributed by atoms with van der Waals surface area (Å²) in [7, 11) is 3.54. The van der Waals surface area contributed by atoms with Gasteiger partial charge in [-0.3, -0.25) is 5.32 Å². The highest BCUT2D eigenvalue weighted by Crippen LogP contribution is 2.53. The molecule has 8 heteroatoms. The molecule has 0 radical (unpaired) electrons. The molecule has 1 N–H and O–H groups in total. The molecule has 0 aromatic carbocycles. The molecule has 2 rings (SSSR count). The molecule has 1 saturated carbocycles. The van der Waals surface area contributed by atoms with Crippen LogP contribution >= 0.6 is 23.3 Å². The van der Waals surface area contributed by atoms with Crippen LogP contribution < -0.4 is 5.32 Å². The van der Waals surface area contributed by atoms with Crippen molar-refractivity contribution in [3.63, 3.8) is 0 Å². The van der Waals surface area contributed by atoms with E-state index < -0.39 is 0 Å². The molecule has 0 bridgehead atoms. The number of amides is 2. The molecule has 0 saturated heterocycles. The summed E-state index contributed by atoms with van der Waals surface area (Å²) in [5.74, 6) is 0. The molecule has 2 atom stereocenters. The molecule has 2 amide bonds. The minimum atomic E-state index is -0.193. The van der Waals surface area contributed by atoms with E-state index in [0.29, 0.717) is 10.3 Å². The number of urea groups is 1. The van der Waals surface area contributed by atoms with Crippen LogP contribution in [0.15, 0.2) is 5.16 Å². The lowest BCUT2D eigenvalue weighted by Gasteiger charge is -2.61. The van der Waals surface area contributed by atoms with Crippen LogP contribution in [0.3, 0.4) is 0 Å². The normalized spacial score (nSPS) is 27.0. The number of thioether (sulfide) groups is 1. The molecule has 1 aromatic rings. The van der Waals surface area contributed by atoms with E-state index in [-0.39, 0.29) is 23.1 Å². The molecule has 1 aliphatic carbocycles. The maximum atomic E-state index is 12.3. The minimum Gasteiger partial charge on any atom is -0.378 e. The van der Waals surface area contributed by atoms with Gasteiger partial charge in [0.25, 0.3) is 0 Å². The van der Waals surface area contributed by atoms with Crippen LogP contribution in [0.4, 0.5) is 9.93 Å². The fraction of sp³-hybridized carbons (Fsp3) is 0.769. The lowest BCUT2D eigenvalue weighted by atomic mass is 9.55. The van der Waals surface area contributed by atoms with Gasteiger partial charge in [0.05, 0.1) is 5.60 Å². The SMILES string of the molecule is COC1(C)CC(N(C)C(=O)Nc2nc(SC)ns2)C1(C)C. The van der Waals surface area contributed by atoms with Gasteiger partial charge < -0.3 is 9.64 Å². The first-order chi connectivity index (χ1) is 9.75. The Morgan fingerprint density at radius 2 is 2.19 bits per heavy atom. The Hall–Kier alpha value is -0.860. The van der Waals surface area contributed by atoms with Gasteiger partial charge in [-0.25, -0.2) is 4.79 Å². The highest BCUT2D eigenvalue weighted by atomic mass is 32.2. The second kappa shape index (κ2) is 5.73. The molecule has 2 unspecified atom stereocenters. The number of rotatable bonds is 4. The van der Waals surface area contributed by atoms with E-state index in [0.717, 1.165) is 6.42 Å². The van der Waals surface area contributed by atoms with Crippen LogP contribution in [0.25, 0.3) is 0 Å². The monoisotopic (exact) mass is 330 g/mol. The first-order valence-electron chi connectivity index (χ1n) is 6.72. The molecule has 1 fully saturated rings. The fourth-order valence-electron chi connectivity index (χ4n) is 2.74. The second-order valence-electron chi connectivity index (χ2n) is 6.00. The number of ether oxygens (including phenoxy) is 1. The lowest BCUT2D eigenvalue weighted by molar-refractivity contribution is -0.197. The third-order valence-electron chi connectivity index (χ3n) is 4.82. The van der Waals surface area contributed by atoms with Crippen LogP contribution in [-0.4, -0.2) is 52.3 Å². The van der Waals surface area contributed by atoms with E-state index in [1.165, 1.54) is 23.3 Å². The van der Waals surface area contributed by atoms with E-state index in [1.807, 2.05) is 13.3 Å². The molecule has 1 aromatic heterocycles. The number of aromatic nitrogens is 2. The van der Waals surface area contributed by atoms with E-state index in [4.69, 9.17) is 4.74 Å². The van der Waals surface area contributed by atoms with Gasteiger partial charge >= 0.3 is 6.03 Å². The number of methoxy groups -OCH3 is 1. The third-order valence-corrected chi connectivity index (χ3v) is 6.11. The summed E-state index contributed by atoms with van der Waals surface area (Å²) in [6, 6.07) is -0.0228. The fourth-order valence-corrected chi connectivity index (χ4v) is 3.86. The van der Waals surface area contributed by atoms with Gasteiger partial charge in [-0.15, -0.1) is 0 Å². The van der Waals surface area contributed by atoms with Crippen LogP contribution in [-0.2, 0) is 4.74 Å². The zero-order chi connectivity index (χ0) is 15.8. The predicted octanol–water partition coefficient (Wildman–Crippen LogP) is 2.93. The van der Waals surface area contributed by atoms with Gasteiger partial charge in [0.15, 0.2) is 0 Å². The van der Waals surface area contributed by atoms with E-state index >= 15 is 0 Å². The van der Waals surface area contributed by atoms with Crippen molar-refractivity contribution in [1.29, 1.82) is 0 Å². The molecule has 0 spiro atoms. The summed E-state index contributed by atoms with van der Waals surface area (Å²) in [5.41, 5.74) is -0.291. The first kappa shape index (κ1) is 16.5. The standard InChI is InChI=1S/C13H22N4O2S2/c1-12(2)8(7-13(12,3)19-5)17(4)11(18)15-9-14-10(20-6)16-21-9/h8H,7H2,1-6H3,(H,14,15,16,18). The van der Waals surface area contributed by atoms with Crippen LogP contribution in [0.5, 0.6) is 0 Å². The van der Waals surface area contributed by atoms with Crippen molar-refractivity contribution in [3.8, 4) is 0 Å². The Morgan fingerprint density at radius 3 is 2.67 bits per heavy atom. The Labute approximate surface area is 133 Å². The minimum absolute atomic E-state index is 0.0978. The molecule has 6 nitrogen and oxygen atoms in total. The average molecular weight is 330 g/mol. The second-order valence-corrected chi connectivity index (χ2v) is 7.53. The summed E-state index contributed by atoms with van der Waals surface area (Å²) in [6.07, 6.45) is 2.73. The van der Waals surface area contributed by atoms with Crippen molar-refractivity contribution in [2.24, 2.45) is 5.41 Å². The third kappa shape index (κ3) is 2.76. The van der Waals surface area contributed by atoms with Gasteiger partial charge in [-0.1, -0.05) is 25.6 Å². The smallest absolute Gasteiger partial charge is 0.323 e. The predicted molar refractivity (Wildman–Crippen MR) is 86.1 cm³/mol. The van der Waals surface area contributed by atoms with Crippen molar-refractivity contribution < 1.29 is 9.53 Å². The zero-order valence-corrected chi connectivity index (χ0v) is 14.9. The van der Waals surface area contributed by atoms with E-state index in [9.17, 15) is 4.79 Å². The molecular formula is C13H22N4O2S2. The number of nitrogens with zero attached hydrogens (tertiary/aromatic N) is 3. The zero-order valence-electron chi connectivity index (χ0n) is 13.3. The summed E-state index contributed by atoms with van der Waals surface area (Å²) in [6.45, 7) is 6.35. The van der Waals surface area contributed by atoms with Gasteiger partial charge in [-0.05, 0) is 19.6 Å². The molecule has 118 valence electrons. The number of hydrogen-bond donors (Lipinski definition) is 1. The van der Waals surface area contributed by atoms with Crippen molar-refractivity contribution in [3.05, 3.63) is 0 Å². The molecule has 0 aliphatic heterocycles. The summed E-state index contributed by atoms with van der Waals surface area (Å²) in [4.78, 5) is 18.3. The summed E-state index contributed by atoms with van der Waals surface area (Å²) >= 11 is 2.65. The van der Waals surface area contributed by atoms with Gasteiger partial charge in [0, 0.05) is 37.1 Å². The Bertz CT molecular complexity index is 534. The molecular weight excluding hydrogens is 308 g/mol. The van der Waals surface area contributed by atoms with E-state index in [1.54, 1.807) is 12.0 Å². The molecule has 1 heterocycles. The quantitative estimate of drug-likeness (QED) is 0.860. The number of hydrogen-bond acceptors (Lipinski definition) is 6. The summed E-state index contributed by atoms with van der Waals surface area (Å²) in [5, 5.41) is 4.01. The van der Waals surface area contributed by atoms with Crippen LogP contribution in [0, 0.1) is 5.41 Å². The highest BCUT2D eigenvalue weighted by Gasteiger charge is 2.59. The van der Waals surface area contributed by atoms with Crippen molar-refractivity contribution in [2.45, 2.75) is 44.0 Å². The average Bonchev–Trinajstić information content (AvgIpc) is 2.91. The number of anilines is 1. The van der Waals surface area contributed by atoms with E-state index in [2.05, 4.69) is 35.4 Å². The Morgan fingerprint density at radius 1 is 1.52 bits per heavy atom. The van der Waals surface area contributed by atoms with Crippen LogP contribution in [0.2, 0.25) is 0 Å². The van der Waals surface area contributed by atoms with Crippen molar-refractivity contribution >= 4 is 34.5 Å². The topological polar surface area (TPSA) is 67.3 Å². The van der Waals surface area contributed by atoms with Crippen molar-refractivity contribution in [2.75, 3.05) is 25.7 Å². The van der Waals surface area contributed by atoms with Crippen LogP contribution in [0.1, 0.15) is 27.2 Å². The maximum absolute atomic E-state index is 12.3. The van der Waals surface area contributed by atoms with Gasteiger partial charge in [-0.2, -0.15) is 9.36 Å². The largest absolute Gasteiger partial charge is 0.378 e. The van der Waals surface area contributed by atoms with Gasteiger partial charge in [0.1, 0.15) is 0 Å². The number of nitrogens with one attached hydrogen (secondary N) is 1. The Balaban J connectivity index is 2.01. The molecule has 1 aliphatic rings. The number of carbonyl (C=O) groups is 1. The van der Waals surface area contributed by atoms with Gasteiger partial charge in [0.2, 0.25) is 10.3 Å². The maximum Gasteiger partial charge on any atom is 0.323 e. The highest BCUT2D eigenvalue weighted by molar-refractivity contribution is 7.98. The summed E-state index contributed by atoms with van der Waals surface area (Å²) < 4.78 is 9.74. The Kier molecular flexibility index (Phi) is 4.51. The molecule has 21 heavy (non-hydrogen) atoms. The number of carbonyl (C=O) groups excluding carboxylic acids is 1. The first-order valence-corrected chi connectivity index (χ1v) is 8.71. The van der Waals surface area contributed by atoms with Crippen molar-refractivity contribution in [1.82, 2.24) is 14.3 Å². The lowest BCUT2D eigenvalue weighted by Crippen LogP contribution is -2.69.